The van der Waals surface area contributed by atoms with Gasteiger partial charge in [-0.05, 0) is 37.6 Å². The van der Waals surface area contributed by atoms with Gasteiger partial charge in [-0.15, -0.1) is 0 Å². The highest BCUT2D eigenvalue weighted by Crippen LogP contribution is 2.23. The van der Waals surface area contributed by atoms with E-state index < -0.39 is 0 Å². The van der Waals surface area contributed by atoms with Crippen molar-refractivity contribution < 1.29 is 0 Å². The zero-order valence-electron chi connectivity index (χ0n) is 12.4. The van der Waals surface area contributed by atoms with Gasteiger partial charge >= 0.3 is 0 Å². The number of allylic oxidation sites excluding steroid dienone is 6. The zero-order valence-corrected chi connectivity index (χ0v) is 12.4. The standard InChI is InChI=1S/C19H23N/c1-5-8-9-12-16-20(18(7-3)13-6-2)19-15-11-10-14-17(19)4/h5-15H,2-3,16H2,1,4H3/b8-5-,12-9-,18-13+. The predicted molar refractivity (Wildman–Crippen MR) is 91.0 cm³/mol. The van der Waals surface area contributed by atoms with Crippen molar-refractivity contribution in [1.82, 2.24) is 0 Å². The smallest absolute Gasteiger partial charge is 0.0443 e. The Balaban J connectivity index is 3.13. The summed E-state index contributed by atoms with van der Waals surface area (Å²) in [5, 5.41) is 0. The minimum absolute atomic E-state index is 0.793. The zero-order chi connectivity index (χ0) is 14.8. The first kappa shape index (κ1) is 15.8. The molecule has 104 valence electrons. The Morgan fingerprint density at radius 1 is 1.20 bits per heavy atom. The van der Waals surface area contributed by atoms with Crippen LogP contribution in [-0.2, 0) is 0 Å². The first-order valence-electron chi connectivity index (χ1n) is 6.80. The van der Waals surface area contributed by atoms with E-state index in [1.165, 1.54) is 11.3 Å². The lowest BCUT2D eigenvalue weighted by molar-refractivity contribution is 1.03. The molecule has 0 radical (unpaired) electrons. The number of benzene rings is 1. The number of para-hydroxylation sites is 1. The van der Waals surface area contributed by atoms with Gasteiger partial charge in [0.2, 0.25) is 0 Å². The second kappa shape index (κ2) is 8.76. The van der Waals surface area contributed by atoms with E-state index in [9.17, 15) is 0 Å². The number of anilines is 1. The third-order valence-corrected chi connectivity index (χ3v) is 2.94. The third kappa shape index (κ3) is 4.43. The molecule has 0 saturated carbocycles. The van der Waals surface area contributed by atoms with Gasteiger partial charge in [0.05, 0.1) is 0 Å². The van der Waals surface area contributed by atoms with Crippen molar-refractivity contribution in [2.75, 3.05) is 11.4 Å². The van der Waals surface area contributed by atoms with Crippen molar-refractivity contribution in [2.24, 2.45) is 0 Å². The Bertz CT molecular complexity index is 532. The van der Waals surface area contributed by atoms with Crippen molar-refractivity contribution in [3.8, 4) is 0 Å². The van der Waals surface area contributed by atoms with E-state index in [-0.39, 0.29) is 0 Å². The van der Waals surface area contributed by atoms with Crippen LogP contribution in [0.4, 0.5) is 5.69 Å². The topological polar surface area (TPSA) is 3.24 Å². The van der Waals surface area contributed by atoms with Crippen molar-refractivity contribution in [2.45, 2.75) is 13.8 Å². The van der Waals surface area contributed by atoms with Gasteiger partial charge in [0.15, 0.2) is 0 Å². The van der Waals surface area contributed by atoms with Gasteiger partial charge in [0, 0.05) is 17.9 Å². The van der Waals surface area contributed by atoms with Crippen molar-refractivity contribution in [1.29, 1.82) is 0 Å². The van der Waals surface area contributed by atoms with Crippen LogP contribution in [0.1, 0.15) is 12.5 Å². The molecule has 0 N–H and O–H groups in total. The second-order valence-electron chi connectivity index (χ2n) is 4.38. The lowest BCUT2D eigenvalue weighted by Gasteiger charge is -2.26. The molecule has 0 aliphatic rings. The summed E-state index contributed by atoms with van der Waals surface area (Å²) in [4.78, 5) is 2.23. The fourth-order valence-corrected chi connectivity index (χ4v) is 1.95. The summed E-state index contributed by atoms with van der Waals surface area (Å²) in [6, 6.07) is 8.35. The van der Waals surface area contributed by atoms with E-state index in [2.05, 4.69) is 61.4 Å². The maximum Gasteiger partial charge on any atom is 0.0443 e. The van der Waals surface area contributed by atoms with E-state index in [0.29, 0.717) is 0 Å². The molecule has 0 bridgehead atoms. The number of nitrogens with zero attached hydrogens (tertiary/aromatic N) is 1. The van der Waals surface area contributed by atoms with Crippen LogP contribution < -0.4 is 4.90 Å². The molecule has 20 heavy (non-hydrogen) atoms. The van der Waals surface area contributed by atoms with Crippen LogP contribution in [0.3, 0.4) is 0 Å². The number of aryl methyl sites for hydroxylation is 1. The van der Waals surface area contributed by atoms with E-state index in [4.69, 9.17) is 0 Å². The fourth-order valence-electron chi connectivity index (χ4n) is 1.95. The Morgan fingerprint density at radius 2 is 1.95 bits per heavy atom. The van der Waals surface area contributed by atoms with Gasteiger partial charge < -0.3 is 4.90 Å². The summed E-state index contributed by atoms with van der Waals surface area (Å²) in [7, 11) is 0. The predicted octanol–water partition coefficient (Wildman–Crippen LogP) is 5.19. The average molecular weight is 265 g/mol. The van der Waals surface area contributed by atoms with Crippen molar-refractivity contribution in [3.63, 3.8) is 0 Å². The number of hydrogen-bond acceptors (Lipinski definition) is 1. The maximum absolute atomic E-state index is 3.90. The first-order chi connectivity index (χ1) is 9.74. The largest absolute Gasteiger partial charge is 0.337 e. The van der Waals surface area contributed by atoms with E-state index in [1.807, 2.05) is 31.2 Å². The highest BCUT2D eigenvalue weighted by molar-refractivity contribution is 5.60. The molecule has 1 heteroatoms. The highest BCUT2D eigenvalue weighted by atomic mass is 15.1. The van der Waals surface area contributed by atoms with E-state index in [1.54, 1.807) is 6.08 Å². The molecule has 0 fully saturated rings. The molecule has 0 amide bonds. The summed E-state index contributed by atoms with van der Waals surface area (Å²) < 4.78 is 0. The monoisotopic (exact) mass is 265 g/mol. The minimum atomic E-state index is 0.793. The summed E-state index contributed by atoms with van der Waals surface area (Å²) in [6.07, 6.45) is 13.9. The quantitative estimate of drug-likeness (QED) is 0.613. The molecule has 0 saturated heterocycles. The Hall–Kier alpha value is -2.28. The first-order valence-corrected chi connectivity index (χ1v) is 6.80. The van der Waals surface area contributed by atoms with Gasteiger partial charge in [0.25, 0.3) is 0 Å². The van der Waals surface area contributed by atoms with Gasteiger partial charge in [-0.1, -0.05) is 61.7 Å². The van der Waals surface area contributed by atoms with Gasteiger partial charge in [-0.2, -0.15) is 0 Å². The lowest BCUT2D eigenvalue weighted by atomic mass is 10.1. The molecule has 0 aliphatic carbocycles. The Morgan fingerprint density at radius 3 is 2.55 bits per heavy atom. The average Bonchev–Trinajstić information content (AvgIpc) is 2.47. The van der Waals surface area contributed by atoms with Crippen LogP contribution in [0, 0.1) is 6.92 Å². The highest BCUT2D eigenvalue weighted by Gasteiger charge is 2.09. The van der Waals surface area contributed by atoms with Crippen molar-refractivity contribution in [3.05, 3.63) is 91.2 Å². The van der Waals surface area contributed by atoms with Crippen LogP contribution in [0.15, 0.2) is 85.7 Å². The number of rotatable bonds is 7. The molecule has 0 heterocycles. The molecular weight excluding hydrogens is 242 g/mol. The lowest BCUT2D eigenvalue weighted by Crippen LogP contribution is -2.22. The molecule has 1 aromatic carbocycles. The fraction of sp³-hybridized carbons (Fsp3) is 0.158. The van der Waals surface area contributed by atoms with Crippen LogP contribution in [0.25, 0.3) is 0 Å². The van der Waals surface area contributed by atoms with Crippen LogP contribution >= 0.6 is 0 Å². The van der Waals surface area contributed by atoms with Gasteiger partial charge in [-0.3, -0.25) is 0 Å². The molecule has 1 nitrogen and oxygen atoms in total. The molecule has 0 spiro atoms. The molecule has 0 unspecified atom stereocenters. The van der Waals surface area contributed by atoms with Crippen molar-refractivity contribution >= 4 is 5.69 Å². The summed E-state index contributed by atoms with van der Waals surface area (Å²) in [5.41, 5.74) is 3.47. The molecule has 0 aliphatic heterocycles. The SMILES string of the molecule is C=C/C=C(\C=C)N(C/C=C\C=C/C)c1ccccc1C. The van der Waals surface area contributed by atoms with Crippen LogP contribution in [0.5, 0.6) is 0 Å². The van der Waals surface area contributed by atoms with Gasteiger partial charge in [-0.25, -0.2) is 0 Å². The maximum atomic E-state index is 3.90. The Labute approximate surface area is 122 Å². The van der Waals surface area contributed by atoms with Gasteiger partial charge in [0.1, 0.15) is 0 Å². The van der Waals surface area contributed by atoms with Crippen LogP contribution in [-0.4, -0.2) is 6.54 Å². The molecule has 1 rings (SSSR count). The van der Waals surface area contributed by atoms with E-state index >= 15 is 0 Å². The Kier molecular flexibility index (Phi) is 6.91. The van der Waals surface area contributed by atoms with E-state index in [0.717, 1.165) is 12.2 Å². The molecule has 0 aromatic heterocycles. The summed E-state index contributed by atoms with van der Waals surface area (Å²) in [5.74, 6) is 0. The molecule has 1 aromatic rings. The number of hydrogen-bond donors (Lipinski definition) is 0. The normalized spacial score (nSPS) is 12.0. The molecular formula is C19H23N. The summed E-state index contributed by atoms with van der Waals surface area (Å²) in [6.45, 7) is 12.6. The summed E-state index contributed by atoms with van der Waals surface area (Å²) >= 11 is 0. The second-order valence-corrected chi connectivity index (χ2v) is 4.38. The van der Waals surface area contributed by atoms with Crippen LogP contribution in [0.2, 0.25) is 0 Å². The molecule has 0 atom stereocenters. The third-order valence-electron chi connectivity index (χ3n) is 2.94. The minimum Gasteiger partial charge on any atom is -0.337 e.